The van der Waals surface area contributed by atoms with E-state index in [4.69, 9.17) is 33.2 Å². The van der Waals surface area contributed by atoms with Crippen molar-refractivity contribution >= 4 is 65.3 Å². The SMILES string of the molecule is COc1cc2c(cc1O)CCN[C@]21CS[C@@H]2c3c(OC(=O)CCCC[C@@H]4SCC5NC(=O)NC54)c(C)c4c(c3[C@H](COC1=O)N1C2[C@H]2c3c(cc(C)c(OC)c3OC(=O)CCCC[C@@H]3SCC5NC(=O)NC53)C[C@@H]([C@@H]1O)N2C)OCO4. The zero-order valence-electron chi connectivity index (χ0n) is 45.9. The fourth-order valence-corrected chi connectivity index (χ4v) is 19.6. The quantitative estimate of drug-likeness (QED) is 0.0483. The normalized spacial score (nSPS) is 32.0. The van der Waals surface area contributed by atoms with Gasteiger partial charge in [-0.1, -0.05) is 18.9 Å². The Bertz CT molecular complexity index is 3100. The number of phenols is 1. The Balaban J connectivity index is 0.890. The molecule has 434 valence electrons. The number of fused-ring (bicyclic) bond motifs is 11. The van der Waals surface area contributed by atoms with E-state index in [1.807, 2.05) is 49.3 Å². The maximum absolute atomic E-state index is 15.2. The number of aromatic hydroxyl groups is 1. The molecular weight excluding hydrogens is 1100 g/mol. The highest BCUT2D eigenvalue weighted by molar-refractivity contribution is 8.00. The van der Waals surface area contributed by atoms with E-state index >= 15 is 4.79 Å². The Labute approximate surface area is 482 Å². The lowest BCUT2D eigenvalue weighted by Gasteiger charge is -2.62. The van der Waals surface area contributed by atoms with E-state index < -0.39 is 59.1 Å². The average molecular weight is 1170 g/mol. The number of ether oxygens (including phenoxy) is 7. The number of thioether (sulfide) groups is 3. The fourth-order valence-electron chi connectivity index (χ4n) is 14.8. The number of aliphatic hydroxyl groups is 1. The number of likely N-dealkylation sites (N-methyl/N-ethyl adjacent to an activating group) is 1. The van der Waals surface area contributed by atoms with E-state index in [1.54, 1.807) is 19.2 Å². The smallest absolute Gasteiger partial charge is 0.331 e. The van der Waals surface area contributed by atoms with Gasteiger partial charge in [0.2, 0.25) is 6.79 Å². The number of carbonyl (C=O) groups excluding carboxylic acids is 5. The first-order chi connectivity index (χ1) is 39.2. The van der Waals surface area contributed by atoms with Gasteiger partial charge in [0.15, 0.2) is 40.0 Å². The molecule has 6 saturated heterocycles. The molecule has 0 saturated carbocycles. The first kappa shape index (κ1) is 54.7. The highest BCUT2D eigenvalue weighted by atomic mass is 32.2. The van der Waals surface area contributed by atoms with Gasteiger partial charge in [-0.2, -0.15) is 23.5 Å². The Kier molecular flexibility index (Phi) is 14.6. The van der Waals surface area contributed by atoms with Crippen molar-refractivity contribution in [1.82, 2.24) is 36.4 Å². The molecule has 5 unspecified atom stereocenters. The van der Waals surface area contributed by atoms with Gasteiger partial charge in [-0.15, -0.1) is 11.8 Å². The van der Waals surface area contributed by atoms with Crippen LogP contribution in [0.1, 0.15) is 113 Å². The minimum absolute atomic E-state index is 0.0485. The molecule has 24 heteroatoms. The number of nitrogens with zero attached hydrogens (tertiary/aromatic N) is 2. The van der Waals surface area contributed by atoms with Gasteiger partial charge in [0, 0.05) is 75.4 Å². The fraction of sp³-hybridized carbons (Fsp3) is 0.596. The van der Waals surface area contributed by atoms with Crippen LogP contribution in [0.2, 0.25) is 0 Å². The predicted octanol–water partition coefficient (Wildman–Crippen LogP) is 5.04. The van der Waals surface area contributed by atoms with Crippen molar-refractivity contribution in [2.24, 2.45) is 0 Å². The summed E-state index contributed by atoms with van der Waals surface area (Å²) in [7, 11) is 5.01. The zero-order chi connectivity index (χ0) is 56.2. The molecule has 0 radical (unpaired) electrons. The molecule has 0 aliphatic carbocycles. The standard InChI is InChI=1S/C57H69N7O14S3/c1-25-16-28-17-32-53(68)64-33-20-74-54(69)57(29-19-35(72-4)34(65)18-27(29)14-15-58-57)23-81-52(42-41(33)50-49(75-24-76-50)26(2)48(42)77-38(66)12-8-6-10-36-43-30(21-79-36)59-55(70)61-43)46(64)45(63(32)3)40(28)51(47(25)73-5)78-39(67)13-9-7-11-37-44-31(22-80-37)60-56(71)62-44/h16,18-19,30-33,36-37,43-46,52-53,58,65,68H,6-15,17,20-24H2,1-5H3,(H2,59,61,70)(H2,60,62,71)/t30?,31?,32-,33-,36-,37-,43?,44?,45+,46?,52+,53-,57+/m0/s1. The van der Waals surface area contributed by atoms with E-state index in [0.717, 1.165) is 59.4 Å². The molecule has 11 heterocycles. The number of esters is 3. The summed E-state index contributed by atoms with van der Waals surface area (Å²) >= 11 is 5.13. The first-order valence-electron chi connectivity index (χ1n) is 28.2. The van der Waals surface area contributed by atoms with Crippen LogP contribution in [-0.2, 0) is 37.5 Å². The minimum Gasteiger partial charge on any atom is -0.504 e. The maximum Gasteiger partial charge on any atom is 0.331 e. The molecule has 11 aliphatic heterocycles. The molecule has 3 aromatic rings. The Hall–Kier alpha value is -5.50. The summed E-state index contributed by atoms with van der Waals surface area (Å²) in [5, 5.41) is 39.6. The second-order valence-corrected chi connectivity index (χ2v) is 26.7. The van der Waals surface area contributed by atoms with Crippen LogP contribution in [0.15, 0.2) is 18.2 Å². The van der Waals surface area contributed by atoms with Gasteiger partial charge in [-0.3, -0.25) is 24.7 Å². The molecule has 6 fully saturated rings. The Morgan fingerprint density at radius 2 is 1.44 bits per heavy atom. The number of benzene rings is 3. The van der Waals surface area contributed by atoms with Crippen molar-refractivity contribution in [3.63, 3.8) is 0 Å². The highest BCUT2D eigenvalue weighted by Gasteiger charge is 2.62. The van der Waals surface area contributed by atoms with Crippen LogP contribution in [0.3, 0.4) is 0 Å². The monoisotopic (exact) mass is 1170 g/mol. The zero-order valence-corrected chi connectivity index (χ0v) is 48.3. The lowest BCUT2D eigenvalue weighted by molar-refractivity contribution is -0.186. The predicted molar refractivity (Wildman–Crippen MR) is 301 cm³/mol. The molecule has 21 nitrogen and oxygen atoms in total. The van der Waals surface area contributed by atoms with Crippen molar-refractivity contribution in [3.05, 3.63) is 62.7 Å². The number of piperazine rings is 1. The third-order valence-corrected chi connectivity index (χ3v) is 23.0. The van der Waals surface area contributed by atoms with Crippen LogP contribution in [-0.4, -0.2) is 161 Å². The number of amides is 4. The number of aryl methyl sites for hydroxylation is 1. The summed E-state index contributed by atoms with van der Waals surface area (Å²) < 4.78 is 44.4. The van der Waals surface area contributed by atoms with Crippen LogP contribution in [0, 0.1) is 13.8 Å². The molecule has 4 amide bonds. The molecule has 1 spiro atoms. The van der Waals surface area contributed by atoms with Gasteiger partial charge in [0.1, 0.15) is 18.6 Å². The van der Waals surface area contributed by atoms with E-state index in [9.17, 15) is 29.4 Å². The summed E-state index contributed by atoms with van der Waals surface area (Å²) in [5.74, 6) is 2.37. The molecule has 81 heavy (non-hydrogen) atoms. The molecular formula is C57H69N7O14S3. The number of hydrogen-bond acceptors (Lipinski definition) is 20. The van der Waals surface area contributed by atoms with Crippen LogP contribution < -0.4 is 55.0 Å². The van der Waals surface area contributed by atoms with Crippen molar-refractivity contribution in [1.29, 1.82) is 0 Å². The summed E-state index contributed by atoms with van der Waals surface area (Å²) in [5.41, 5.74) is 4.10. The van der Waals surface area contributed by atoms with E-state index in [2.05, 4.69) is 37.6 Å². The number of urea groups is 2. The topological polar surface area (TPSA) is 257 Å². The number of nitrogens with one attached hydrogen (secondary N) is 5. The highest BCUT2D eigenvalue weighted by Crippen LogP contribution is 2.65. The lowest BCUT2D eigenvalue weighted by atomic mass is 9.73. The van der Waals surface area contributed by atoms with Crippen LogP contribution in [0.4, 0.5) is 9.59 Å². The number of carbonyl (C=O) groups is 5. The largest absolute Gasteiger partial charge is 0.504 e. The minimum atomic E-state index is -1.45. The number of aliphatic hydroxyl groups excluding tert-OH is 1. The van der Waals surface area contributed by atoms with Gasteiger partial charge in [0.25, 0.3) is 0 Å². The van der Waals surface area contributed by atoms with Crippen LogP contribution >= 0.6 is 35.3 Å². The van der Waals surface area contributed by atoms with Crippen molar-refractivity contribution in [2.75, 3.05) is 58.5 Å². The second-order valence-electron chi connectivity index (χ2n) is 23.0. The Morgan fingerprint density at radius 3 is 2.11 bits per heavy atom. The number of phenolic OH excluding ortho intramolecular Hbond substituents is 1. The molecule has 0 aromatic heterocycles. The van der Waals surface area contributed by atoms with E-state index in [1.165, 1.54) is 18.9 Å². The maximum atomic E-state index is 15.2. The summed E-state index contributed by atoms with van der Waals surface area (Å²) in [6.45, 7) is 3.80. The number of hydrogen-bond donors (Lipinski definition) is 7. The number of rotatable bonds is 14. The first-order valence-corrected chi connectivity index (χ1v) is 31.4. The average Bonchev–Trinajstić information content (AvgIpc) is 2.25. The lowest BCUT2D eigenvalue weighted by Crippen LogP contribution is -2.70. The van der Waals surface area contributed by atoms with E-state index in [-0.39, 0.29) is 90.2 Å². The van der Waals surface area contributed by atoms with Crippen LogP contribution in [0.5, 0.6) is 40.2 Å². The van der Waals surface area contributed by atoms with Gasteiger partial charge in [-0.25, -0.2) is 14.4 Å². The molecule has 4 bridgehead atoms. The third kappa shape index (κ3) is 9.18. The van der Waals surface area contributed by atoms with Crippen molar-refractivity contribution in [2.45, 2.75) is 154 Å². The second kappa shape index (κ2) is 21.6. The van der Waals surface area contributed by atoms with E-state index in [0.29, 0.717) is 83.2 Å². The molecule has 7 N–H and O–H groups in total. The van der Waals surface area contributed by atoms with Crippen molar-refractivity contribution < 1.29 is 67.3 Å². The van der Waals surface area contributed by atoms with Gasteiger partial charge >= 0.3 is 30.0 Å². The van der Waals surface area contributed by atoms with Gasteiger partial charge in [0.05, 0.1) is 61.8 Å². The summed E-state index contributed by atoms with van der Waals surface area (Å²) in [6, 6.07) is 2.79. The van der Waals surface area contributed by atoms with Crippen LogP contribution in [0.25, 0.3) is 0 Å². The summed E-state index contributed by atoms with van der Waals surface area (Å²) in [6.07, 6.45) is 4.33. The van der Waals surface area contributed by atoms with Crippen molar-refractivity contribution in [3.8, 4) is 40.2 Å². The molecule has 3 aromatic carbocycles. The third-order valence-electron chi connectivity index (χ3n) is 18.5. The van der Waals surface area contributed by atoms with Gasteiger partial charge < -0.3 is 64.6 Å². The Morgan fingerprint density at radius 1 is 0.778 bits per heavy atom. The molecule has 11 aliphatic rings. The number of methoxy groups -OCH3 is 2. The van der Waals surface area contributed by atoms with Gasteiger partial charge in [-0.05, 0) is 93.8 Å². The molecule has 13 atom stereocenters. The summed E-state index contributed by atoms with van der Waals surface area (Å²) in [4.78, 5) is 72.5. The molecule has 14 rings (SSSR count). The number of unbranched alkanes of at least 4 members (excludes halogenated alkanes) is 2.